The fraction of sp³-hybridized carbons (Fsp3) is 0.444. The number of fused-ring (bicyclic) bond motifs is 1. The van der Waals surface area contributed by atoms with Crippen molar-refractivity contribution in [2.75, 3.05) is 11.9 Å². The third-order valence-electron chi connectivity index (χ3n) is 2.12. The van der Waals surface area contributed by atoms with Crippen molar-refractivity contribution < 1.29 is 4.74 Å². The van der Waals surface area contributed by atoms with E-state index in [0.717, 1.165) is 22.3 Å². The number of halogens is 1. The third-order valence-corrected chi connectivity index (χ3v) is 2.92. The van der Waals surface area contributed by atoms with Crippen molar-refractivity contribution >= 4 is 21.6 Å². The maximum absolute atomic E-state index is 5.57. The smallest absolute Gasteiger partial charge is 0.238 e. The standard InChI is InChI=1S/C9H11BrN2O/c1-5-3-11-8-6(2)7(10)4-12-9(8)13-5/h4-5,11H,3H2,1-2H3. The number of nitrogens with one attached hydrogen (secondary N) is 1. The molecule has 2 rings (SSSR count). The lowest BCUT2D eigenvalue weighted by Crippen LogP contribution is -2.28. The van der Waals surface area contributed by atoms with Crippen molar-refractivity contribution in [1.82, 2.24) is 4.98 Å². The molecule has 1 aliphatic heterocycles. The van der Waals surface area contributed by atoms with Gasteiger partial charge in [-0.2, -0.15) is 0 Å². The van der Waals surface area contributed by atoms with E-state index in [1.54, 1.807) is 6.20 Å². The molecule has 0 aliphatic carbocycles. The van der Waals surface area contributed by atoms with Crippen molar-refractivity contribution in [3.8, 4) is 5.88 Å². The molecule has 2 heterocycles. The molecule has 3 nitrogen and oxygen atoms in total. The Kier molecular flexibility index (Phi) is 2.15. The highest BCUT2D eigenvalue weighted by molar-refractivity contribution is 9.10. The van der Waals surface area contributed by atoms with E-state index in [1.165, 1.54) is 0 Å². The lowest BCUT2D eigenvalue weighted by Gasteiger charge is -2.25. The van der Waals surface area contributed by atoms with Gasteiger partial charge in [-0.3, -0.25) is 0 Å². The summed E-state index contributed by atoms with van der Waals surface area (Å²) in [5, 5.41) is 3.30. The fourth-order valence-corrected chi connectivity index (χ4v) is 1.63. The van der Waals surface area contributed by atoms with Gasteiger partial charge in [0, 0.05) is 10.7 Å². The van der Waals surface area contributed by atoms with Crippen LogP contribution in [0.25, 0.3) is 0 Å². The molecule has 1 unspecified atom stereocenters. The molecule has 0 radical (unpaired) electrons. The van der Waals surface area contributed by atoms with Gasteiger partial charge in [0.15, 0.2) is 0 Å². The van der Waals surface area contributed by atoms with Crippen LogP contribution in [0.2, 0.25) is 0 Å². The summed E-state index contributed by atoms with van der Waals surface area (Å²) in [5.41, 5.74) is 2.16. The van der Waals surface area contributed by atoms with Crippen molar-refractivity contribution in [2.45, 2.75) is 20.0 Å². The molecule has 1 N–H and O–H groups in total. The topological polar surface area (TPSA) is 34.2 Å². The number of hydrogen-bond donors (Lipinski definition) is 1. The SMILES string of the molecule is Cc1c(Br)cnc2c1NCC(C)O2. The average molecular weight is 243 g/mol. The Hall–Kier alpha value is -0.770. The number of rotatable bonds is 0. The van der Waals surface area contributed by atoms with Crippen molar-refractivity contribution in [3.63, 3.8) is 0 Å². The molecule has 1 aromatic heterocycles. The average Bonchev–Trinajstić information content (AvgIpc) is 2.12. The van der Waals surface area contributed by atoms with Gasteiger partial charge in [-0.1, -0.05) is 0 Å². The Bertz CT molecular complexity index is 341. The number of nitrogens with zero attached hydrogens (tertiary/aromatic N) is 1. The molecule has 0 spiro atoms. The van der Waals surface area contributed by atoms with Gasteiger partial charge in [0.1, 0.15) is 11.8 Å². The Balaban J connectivity index is 2.47. The van der Waals surface area contributed by atoms with Crippen LogP contribution in [0.1, 0.15) is 12.5 Å². The summed E-state index contributed by atoms with van der Waals surface area (Å²) in [4.78, 5) is 4.20. The molecule has 13 heavy (non-hydrogen) atoms. The van der Waals surface area contributed by atoms with Gasteiger partial charge in [-0.15, -0.1) is 0 Å². The van der Waals surface area contributed by atoms with Crippen LogP contribution in [-0.2, 0) is 0 Å². The molecule has 1 atom stereocenters. The highest BCUT2D eigenvalue weighted by Gasteiger charge is 2.19. The molecule has 4 heteroatoms. The van der Waals surface area contributed by atoms with Crippen LogP contribution in [0.15, 0.2) is 10.7 Å². The summed E-state index contributed by atoms with van der Waals surface area (Å²) in [6.45, 7) is 4.90. The summed E-state index contributed by atoms with van der Waals surface area (Å²) < 4.78 is 6.58. The molecule has 0 saturated carbocycles. The van der Waals surface area contributed by atoms with Gasteiger partial charge in [0.05, 0.1) is 6.54 Å². The van der Waals surface area contributed by atoms with E-state index in [9.17, 15) is 0 Å². The van der Waals surface area contributed by atoms with Gasteiger partial charge in [-0.05, 0) is 35.3 Å². The lowest BCUT2D eigenvalue weighted by molar-refractivity contribution is 0.216. The second kappa shape index (κ2) is 3.18. The van der Waals surface area contributed by atoms with E-state index in [2.05, 4.69) is 26.2 Å². The molecule has 1 aliphatic rings. The fourth-order valence-electron chi connectivity index (χ4n) is 1.33. The Morgan fingerprint density at radius 1 is 1.69 bits per heavy atom. The molecule has 70 valence electrons. The maximum atomic E-state index is 5.57. The second-order valence-corrected chi connectivity index (χ2v) is 4.07. The molecule has 0 bridgehead atoms. The lowest BCUT2D eigenvalue weighted by atomic mass is 10.2. The largest absolute Gasteiger partial charge is 0.471 e. The van der Waals surface area contributed by atoms with Gasteiger partial charge in [0.2, 0.25) is 5.88 Å². The predicted octanol–water partition coefficient (Wildman–Crippen LogP) is 2.35. The minimum atomic E-state index is 0.195. The van der Waals surface area contributed by atoms with Crippen LogP contribution in [0.4, 0.5) is 5.69 Å². The molecular weight excluding hydrogens is 232 g/mol. The van der Waals surface area contributed by atoms with Crippen LogP contribution < -0.4 is 10.1 Å². The number of pyridine rings is 1. The Morgan fingerprint density at radius 2 is 2.46 bits per heavy atom. The first kappa shape index (κ1) is 8.81. The number of ether oxygens (including phenoxy) is 1. The minimum absolute atomic E-state index is 0.195. The van der Waals surface area contributed by atoms with E-state index in [0.29, 0.717) is 5.88 Å². The van der Waals surface area contributed by atoms with E-state index in [1.807, 2.05) is 13.8 Å². The van der Waals surface area contributed by atoms with Crippen LogP contribution in [0.3, 0.4) is 0 Å². The number of anilines is 1. The van der Waals surface area contributed by atoms with Crippen molar-refractivity contribution in [3.05, 3.63) is 16.2 Å². The predicted molar refractivity (Wildman–Crippen MR) is 55.3 cm³/mol. The highest BCUT2D eigenvalue weighted by Crippen LogP contribution is 2.33. The summed E-state index contributed by atoms with van der Waals surface area (Å²) >= 11 is 3.43. The minimum Gasteiger partial charge on any atom is -0.471 e. The van der Waals surface area contributed by atoms with Crippen LogP contribution in [0.5, 0.6) is 5.88 Å². The summed E-state index contributed by atoms with van der Waals surface area (Å²) in [6.07, 6.45) is 1.97. The zero-order chi connectivity index (χ0) is 9.42. The van der Waals surface area contributed by atoms with E-state index < -0.39 is 0 Å². The van der Waals surface area contributed by atoms with Gasteiger partial charge >= 0.3 is 0 Å². The molecule has 0 amide bonds. The van der Waals surface area contributed by atoms with Crippen LogP contribution >= 0.6 is 15.9 Å². The van der Waals surface area contributed by atoms with E-state index >= 15 is 0 Å². The first-order valence-corrected chi connectivity index (χ1v) is 5.03. The first-order chi connectivity index (χ1) is 6.18. The summed E-state index contributed by atoms with van der Waals surface area (Å²) in [7, 11) is 0. The van der Waals surface area contributed by atoms with Gasteiger partial charge < -0.3 is 10.1 Å². The summed E-state index contributed by atoms with van der Waals surface area (Å²) in [6, 6.07) is 0. The highest BCUT2D eigenvalue weighted by atomic mass is 79.9. The monoisotopic (exact) mass is 242 g/mol. The van der Waals surface area contributed by atoms with E-state index in [4.69, 9.17) is 4.74 Å². The van der Waals surface area contributed by atoms with Gasteiger partial charge in [-0.25, -0.2) is 4.98 Å². The zero-order valence-electron chi connectivity index (χ0n) is 7.60. The number of hydrogen-bond acceptors (Lipinski definition) is 3. The first-order valence-electron chi connectivity index (χ1n) is 4.24. The zero-order valence-corrected chi connectivity index (χ0v) is 9.18. The summed E-state index contributed by atoms with van der Waals surface area (Å²) in [5.74, 6) is 0.708. The molecular formula is C9H11BrN2O. The number of aromatic nitrogens is 1. The Morgan fingerprint density at radius 3 is 3.23 bits per heavy atom. The third kappa shape index (κ3) is 1.50. The van der Waals surface area contributed by atoms with Crippen molar-refractivity contribution in [1.29, 1.82) is 0 Å². The molecule has 0 aromatic carbocycles. The molecule has 0 saturated heterocycles. The normalized spacial score (nSPS) is 20.1. The van der Waals surface area contributed by atoms with E-state index in [-0.39, 0.29) is 6.10 Å². The maximum Gasteiger partial charge on any atom is 0.238 e. The van der Waals surface area contributed by atoms with Gasteiger partial charge in [0.25, 0.3) is 0 Å². The molecule has 0 fully saturated rings. The Labute approximate surface area is 85.6 Å². The molecule has 1 aromatic rings. The quantitative estimate of drug-likeness (QED) is 0.759. The second-order valence-electron chi connectivity index (χ2n) is 3.22. The van der Waals surface area contributed by atoms with Crippen LogP contribution in [0, 0.1) is 6.92 Å². The van der Waals surface area contributed by atoms with Crippen LogP contribution in [-0.4, -0.2) is 17.6 Å². The van der Waals surface area contributed by atoms with Crippen molar-refractivity contribution in [2.24, 2.45) is 0 Å².